The molecule has 0 spiro atoms. The Morgan fingerprint density at radius 1 is 0.789 bits per heavy atom. The van der Waals surface area contributed by atoms with Crippen LogP contribution in [-0.4, -0.2) is 15.1 Å². The smallest absolute Gasteiger partial charge is 0.159 e. The average molecular weight is 248 g/mol. The summed E-state index contributed by atoms with van der Waals surface area (Å²) in [6.07, 6.45) is 1.71. The molecule has 3 heteroatoms. The number of aromatic nitrogens is 2. The average Bonchev–Trinajstić information content (AvgIpc) is 2.49. The molecular weight excluding hydrogens is 236 g/mol. The molecule has 3 nitrogen and oxygen atoms in total. The second kappa shape index (κ2) is 4.90. The van der Waals surface area contributed by atoms with Gasteiger partial charge in [0.25, 0.3) is 0 Å². The number of phenols is 1. The van der Waals surface area contributed by atoms with E-state index in [0.717, 1.165) is 5.56 Å². The van der Waals surface area contributed by atoms with E-state index in [1.807, 2.05) is 42.5 Å². The highest BCUT2D eigenvalue weighted by Crippen LogP contribution is 2.27. The summed E-state index contributed by atoms with van der Waals surface area (Å²) in [6, 6.07) is 18.7. The zero-order valence-electron chi connectivity index (χ0n) is 10.2. The van der Waals surface area contributed by atoms with Gasteiger partial charge >= 0.3 is 0 Å². The molecule has 3 rings (SSSR count). The number of aromatic hydroxyl groups is 1. The number of hydrogen-bond acceptors (Lipinski definition) is 3. The van der Waals surface area contributed by atoms with Gasteiger partial charge in [-0.2, -0.15) is 0 Å². The van der Waals surface area contributed by atoms with Gasteiger partial charge in [0.1, 0.15) is 5.75 Å². The molecule has 1 aromatic heterocycles. The summed E-state index contributed by atoms with van der Waals surface area (Å²) in [5.41, 5.74) is 2.38. The number of rotatable bonds is 2. The normalized spacial score (nSPS) is 10.3. The SMILES string of the molecule is Oc1ccccc1-c1ccnc(-c2ccccc2)n1. The van der Waals surface area contributed by atoms with Gasteiger partial charge in [-0.05, 0) is 18.2 Å². The second-order valence-corrected chi connectivity index (χ2v) is 4.15. The van der Waals surface area contributed by atoms with Crippen molar-refractivity contribution in [1.29, 1.82) is 0 Å². The fourth-order valence-electron chi connectivity index (χ4n) is 1.93. The maximum atomic E-state index is 9.86. The standard InChI is InChI=1S/C16H12N2O/c19-15-9-5-4-8-13(15)14-10-11-17-16(18-14)12-6-2-1-3-7-12/h1-11,19H. The number of nitrogens with zero attached hydrogens (tertiary/aromatic N) is 2. The van der Waals surface area contributed by atoms with E-state index in [1.165, 1.54) is 0 Å². The van der Waals surface area contributed by atoms with Crippen molar-refractivity contribution < 1.29 is 5.11 Å². The van der Waals surface area contributed by atoms with Gasteiger partial charge in [-0.1, -0.05) is 42.5 Å². The van der Waals surface area contributed by atoms with Crippen LogP contribution in [-0.2, 0) is 0 Å². The first-order chi connectivity index (χ1) is 9.34. The summed E-state index contributed by atoms with van der Waals surface area (Å²) < 4.78 is 0. The molecule has 0 saturated heterocycles. The molecule has 1 heterocycles. The van der Waals surface area contributed by atoms with Gasteiger partial charge in [0.2, 0.25) is 0 Å². The van der Waals surface area contributed by atoms with Crippen molar-refractivity contribution >= 4 is 0 Å². The minimum Gasteiger partial charge on any atom is -0.507 e. The summed E-state index contributed by atoms with van der Waals surface area (Å²) in [6.45, 7) is 0. The Balaban J connectivity index is 2.09. The Labute approximate surface area is 111 Å². The molecule has 0 saturated carbocycles. The highest BCUT2D eigenvalue weighted by Gasteiger charge is 2.07. The molecule has 0 aliphatic carbocycles. The Morgan fingerprint density at radius 2 is 1.53 bits per heavy atom. The van der Waals surface area contributed by atoms with E-state index < -0.39 is 0 Å². The molecule has 2 aromatic carbocycles. The largest absolute Gasteiger partial charge is 0.507 e. The first-order valence-corrected chi connectivity index (χ1v) is 6.01. The van der Waals surface area contributed by atoms with Crippen molar-refractivity contribution in [3.8, 4) is 28.4 Å². The van der Waals surface area contributed by atoms with Crippen LogP contribution < -0.4 is 0 Å². The van der Waals surface area contributed by atoms with Crippen LogP contribution in [0.15, 0.2) is 66.9 Å². The van der Waals surface area contributed by atoms with Crippen LogP contribution in [0.3, 0.4) is 0 Å². The van der Waals surface area contributed by atoms with Crippen molar-refractivity contribution in [2.45, 2.75) is 0 Å². The van der Waals surface area contributed by atoms with Crippen LogP contribution in [0.1, 0.15) is 0 Å². The lowest BCUT2D eigenvalue weighted by molar-refractivity contribution is 0.477. The van der Waals surface area contributed by atoms with Crippen molar-refractivity contribution in [1.82, 2.24) is 9.97 Å². The Kier molecular flexibility index (Phi) is 2.94. The van der Waals surface area contributed by atoms with Crippen molar-refractivity contribution in [2.24, 2.45) is 0 Å². The minimum atomic E-state index is 0.222. The van der Waals surface area contributed by atoms with E-state index in [2.05, 4.69) is 9.97 Å². The van der Waals surface area contributed by atoms with Crippen LogP contribution in [0.2, 0.25) is 0 Å². The Bertz CT molecular complexity index is 696. The zero-order chi connectivity index (χ0) is 13.1. The monoisotopic (exact) mass is 248 g/mol. The number of hydrogen-bond donors (Lipinski definition) is 1. The number of phenolic OH excluding ortho intramolecular Hbond substituents is 1. The maximum Gasteiger partial charge on any atom is 0.159 e. The van der Waals surface area contributed by atoms with Crippen LogP contribution in [0, 0.1) is 0 Å². The third-order valence-corrected chi connectivity index (χ3v) is 2.87. The molecule has 1 N–H and O–H groups in total. The highest BCUT2D eigenvalue weighted by atomic mass is 16.3. The lowest BCUT2D eigenvalue weighted by Crippen LogP contribution is -1.91. The van der Waals surface area contributed by atoms with E-state index in [0.29, 0.717) is 17.1 Å². The summed E-state index contributed by atoms with van der Waals surface area (Å²) >= 11 is 0. The molecule has 19 heavy (non-hydrogen) atoms. The van der Waals surface area contributed by atoms with Gasteiger partial charge in [0.05, 0.1) is 5.69 Å². The molecule has 0 unspecified atom stereocenters. The molecule has 0 aliphatic heterocycles. The Morgan fingerprint density at radius 3 is 2.32 bits per heavy atom. The summed E-state index contributed by atoms with van der Waals surface area (Å²) in [4.78, 5) is 8.78. The molecule has 0 radical (unpaired) electrons. The topological polar surface area (TPSA) is 46.0 Å². The summed E-state index contributed by atoms with van der Waals surface area (Å²) in [7, 11) is 0. The summed E-state index contributed by atoms with van der Waals surface area (Å²) in [5.74, 6) is 0.876. The molecule has 92 valence electrons. The van der Waals surface area contributed by atoms with E-state index in [-0.39, 0.29) is 5.75 Å². The minimum absolute atomic E-state index is 0.222. The van der Waals surface area contributed by atoms with E-state index in [4.69, 9.17) is 0 Å². The second-order valence-electron chi connectivity index (χ2n) is 4.15. The predicted molar refractivity (Wildman–Crippen MR) is 74.6 cm³/mol. The van der Waals surface area contributed by atoms with Crippen molar-refractivity contribution in [2.75, 3.05) is 0 Å². The van der Waals surface area contributed by atoms with Crippen LogP contribution in [0.5, 0.6) is 5.75 Å². The number of para-hydroxylation sites is 1. The van der Waals surface area contributed by atoms with E-state index in [1.54, 1.807) is 24.4 Å². The fourth-order valence-corrected chi connectivity index (χ4v) is 1.93. The molecule has 0 amide bonds. The lowest BCUT2D eigenvalue weighted by Gasteiger charge is -2.05. The first kappa shape index (κ1) is 11.4. The van der Waals surface area contributed by atoms with Gasteiger partial charge in [0.15, 0.2) is 5.82 Å². The predicted octanol–water partition coefficient (Wildman–Crippen LogP) is 3.52. The number of benzene rings is 2. The first-order valence-electron chi connectivity index (χ1n) is 6.01. The molecule has 0 fully saturated rings. The fraction of sp³-hybridized carbons (Fsp3) is 0. The van der Waals surface area contributed by atoms with E-state index in [9.17, 15) is 5.11 Å². The van der Waals surface area contributed by atoms with Crippen LogP contribution >= 0.6 is 0 Å². The van der Waals surface area contributed by atoms with Gasteiger partial charge in [-0.3, -0.25) is 0 Å². The highest BCUT2D eigenvalue weighted by molar-refractivity contribution is 5.68. The van der Waals surface area contributed by atoms with Crippen LogP contribution in [0.4, 0.5) is 0 Å². The van der Waals surface area contributed by atoms with Gasteiger partial charge in [0, 0.05) is 17.3 Å². The molecule has 0 bridgehead atoms. The lowest BCUT2D eigenvalue weighted by atomic mass is 10.1. The van der Waals surface area contributed by atoms with Gasteiger partial charge in [-0.25, -0.2) is 9.97 Å². The van der Waals surface area contributed by atoms with Gasteiger partial charge in [-0.15, -0.1) is 0 Å². The van der Waals surface area contributed by atoms with Crippen molar-refractivity contribution in [3.05, 3.63) is 66.9 Å². The van der Waals surface area contributed by atoms with E-state index >= 15 is 0 Å². The zero-order valence-corrected chi connectivity index (χ0v) is 10.2. The molecule has 0 atom stereocenters. The quantitative estimate of drug-likeness (QED) is 0.754. The molecular formula is C16H12N2O. The Hall–Kier alpha value is -2.68. The molecule has 0 aliphatic rings. The maximum absolute atomic E-state index is 9.86. The van der Waals surface area contributed by atoms with Gasteiger partial charge < -0.3 is 5.11 Å². The molecule has 3 aromatic rings. The van der Waals surface area contributed by atoms with Crippen LogP contribution in [0.25, 0.3) is 22.6 Å². The third kappa shape index (κ3) is 2.31. The third-order valence-electron chi connectivity index (χ3n) is 2.87. The van der Waals surface area contributed by atoms with Crippen molar-refractivity contribution in [3.63, 3.8) is 0 Å². The summed E-state index contributed by atoms with van der Waals surface area (Å²) in [5, 5.41) is 9.86.